The number of halogens is 2. The van der Waals surface area contributed by atoms with Gasteiger partial charge in [-0.25, -0.2) is 0 Å². The van der Waals surface area contributed by atoms with Crippen molar-refractivity contribution in [3.05, 3.63) is 53.6 Å². The number of benzene rings is 1. The minimum atomic E-state index is -0.619. The van der Waals surface area contributed by atoms with E-state index in [1.165, 1.54) is 6.07 Å². The van der Waals surface area contributed by atoms with Gasteiger partial charge in [0.15, 0.2) is 5.82 Å². The van der Waals surface area contributed by atoms with E-state index in [1.54, 1.807) is 18.3 Å². The van der Waals surface area contributed by atoms with Crippen molar-refractivity contribution >= 4 is 29.2 Å². The number of hydrogen-bond acceptors (Lipinski definition) is 7. The molecule has 1 aliphatic rings. The molecule has 0 saturated carbocycles. The molecule has 2 atom stereocenters. The Hall–Kier alpha value is -2.84. The summed E-state index contributed by atoms with van der Waals surface area (Å²) in [5, 5.41) is 11.8. The van der Waals surface area contributed by atoms with Crippen LogP contribution in [0.3, 0.4) is 0 Å². The first-order valence-corrected chi connectivity index (χ1v) is 9.65. The summed E-state index contributed by atoms with van der Waals surface area (Å²) in [5.41, 5.74) is 1.79. The van der Waals surface area contributed by atoms with Crippen molar-refractivity contribution < 1.29 is 9.13 Å². The molecule has 0 unspecified atom stereocenters. The van der Waals surface area contributed by atoms with Crippen LogP contribution in [0.2, 0.25) is 5.02 Å². The van der Waals surface area contributed by atoms with Gasteiger partial charge in [-0.1, -0.05) is 23.7 Å². The molecule has 1 aromatic carbocycles. The minimum absolute atomic E-state index is 0.0175. The normalized spacial score (nSPS) is 19.2. The first-order valence-electron chi connectivity index (χ1n) is 9.27. The Morgan fingerprint density at radius 1 is 1.03 bits per heavy atom. The third-order valence-corrected chi connectivity index (χ3v) is 4.73. The van der Waals surface area contributed by atoms with Gasteiger partial charge in [0.1, 0.15) is 5.82 Å². The summed E-state index contributed by atoms with van der Waals surface area (Å²) in [7, 11) is 0. The number of hydrogen-bond donors (Lipinski definition) is 1. The van der Waals surface area contributed by atoms with Crippen LogP contribution in [0, 0.1) is 5.95 Å². The van der Waals surface area contributed by atoms with Gasteiger partial charge >= 0.3 is 0 Å². The monoisotopic (exact) mass is 414 g/mol. The Labute approximate surface area is 172 Å². The van der Waals surface area contributed by atoms with Gasteiger partial charge in [0.25, 0.3) is 0 Å². The third kappa shape index (κ3) is 4.78. The average molecular weight is 415 g/mol. The molecule has 3 aromatic rings. The van der Waals surface area contributed by atoms with Crippen LogP contribution in [0.5, 0.6) is 0 Å². The first kappa shape index (κ1) is 19.5. The number of nitrogens with one attached hydrogen (secondary N) is 1. The van der Waals surface area contributed by atoms with Gasteiger partial charge in [0.05, 0.1) is 18.4 Å². The summed E-state index contributed by atoms with van der Waals surface area (Å²) in [6.45, 7) is 5.14. The van der Waals surface area contributed by atoms with E-state index in [9.17, 15) is 4.39 Å². The Morgan fingerprint density at radius 2 is 1.76 bits per heavy atom. The molecule has 4 rings (SSSR count). The number of nitrogens with zero attached hydrogens (tertiary/aromatic N) is 5. The Balaban J connectivity index is 1.57. The van der Waals surface area contributed by atoms with Gasteiger partial charge in [0.2, 0.25) is 11.9 Å². The van der Waals surface area contributed by atoms with Gasteiger partial charge in [0, 0.05) is 29.7 Å². The van der Waals surface area contributed by atoms with Crippen LogP contribution >= 0.6 is 11.6 Å². The highest BCUT2D eigenvalue weighted by atomic mass is 35.5. The molecule has 9 heteroatoms. The van der Waals surface area contributed by atoms with Crippen LogP contribution in [0.15, 0.2) is 42.6 Å². The van der Waals surface area contributed by atoms with Gasteiger partial charge in [-0.2, -0.15) is 19.5 Å². The first-order chi connectivity index (χ1) is 14.0. The van der Waals surface area contributed by atoms with Crippen molar-refractivity contribution in [1.82, 2.24) is 20.2 Å². The zero-order chi connectivity index (χ0) is 20.4. The summed E-state index contributed by atoms with van der Waals surface area (Å²) in [6.07, 6.45) is 1.68. The van der Waals surface area contributed by atoms with Crippen molar-refractivity contribution in [3.8, 4) is 11.1 Å². The standard InChI is InChI=1S/C20H20ClFN6O/c1-12-10-28(11-13(2)29-12)20-24-17(22)8-18(26-20)25-19-7-15(9-23-27-19)14-3-5-16(21)6-4-14/h3-9,12-13H,10-11H2,1-2H3,(H,24,25,26,27)/t12-,13+. The van der Waals surface area contributed by atoms with E-state index >= 15 is 0 Å². The van der Waals surface area contributed by atoms with Crippen LogP contribution in [0.1, 0.15) is 13.8 Å². The molecule has 0 aliphatic carbocycles. The van der Waals surface area contributed by atoms with Crippen LogP contribution in [0.25, 0.3) is 11.1 Å². The molecule has 2 aromatic heterocycles. The highest BCUT2D eigenvalue weighted by Gasteiger charge is 2.24. The number of ether oxygens (including phenoxy) is 1. The zero-order valence-electron chi connectivity index (χ0n) is 16.0. The number of anilines is 3. The van der Waals surface area contributed by atoms with Gasteiger partial charge in [-0.3, -0.25) is 0 Å². The fourth-order valence-electron chi connectivity index (χ4n) is 3.31. The number of morpholine rings is 1. The second-order valence-corrected chi connectivity index (χ2v) is 7.44. The predicted octanol–water partition coefficient (Wildman–Crippen LogP) is 4.08. The molecule has 1 N–H and O–H groups in total. The van der Waals surface area contributed by atoms with E-state index in [1.807, 2.05) is 36.9 Å². The summed E-state index contributed by atoms with van der Waals surface area (Å²) in [4.78, 5) is 10.3. The maximum Gasteiger partial charge on any atom is 0.230 e. The molecule has 7 nitrogen and oxygen atoms in total. The van der Waals surface area contributed by atoms with E-state index in [-0.39, 0.29) is 12.2 Å². The lowest BCUT2D eigenvalue weighted by molar-refractivity contribution is -0.00576. The SMILES string of the molecule is C[C@@H]1CN(c2nc(F)cc(Nc3cc(-c4ccc(Cl)cc4)cnn3)n2)C[C@H](C)O1. The summed E-state index contributed by atoms with van der Waals surface area (Å²) in [6, 6.07) is 10.4. The van der Waals surface area contributed by atoms with Crippen molar-refractivity contribution in [1.29, 1.82) is 0 Å². The molecule has 0 spiro atoms. The largest absolute Gasteiger partial charge is 0.372 e. The summed E-state index contributed by atoms with van der Waals surface area (Å²) in [5.74, 6) is 0.453. The molecular formula is C20H20ClFN6O. The van der Waals surface area contributed by atoms with E-state index in [0.29, 0.717) is 35.7 Å². The summed E-state index contributed by atoms with van der Waals surface area (Å²) < 4.78 is 19.9. The second kappa shape index (κ2) is 8.26. The van der Waals surface area contributed by atoms with E-state index < -0.39 is 5.95 Å². The zero-order valence-corrected chi connectivity index (χ0v) is 16.8. The Morgan fingerprint density at radius 3 is 2.48 bits per heavy atom. The van der Waals surface area contributed by atoms with Crippen LogP contribution in [-0.4, -0.2) is 45.5 Å². The van der Waals surface area contributed by atoms with Crippen molar-refractivity contribution in [2.75, 3.05) is 23.3 Å². The Kier molecular flexibility index (Phi) is 5.55. The van der Waals surface area contributed by atoms with E-state index in [4.69, 9.17) is 16.3 Å². The van der Waals surface area contributed by atoms with Crippen molar-refractivity contribution in [3.63, 3.8) is 0 Å². The maximum atomic E-state index is 14.2. The topological polar surface area (TPSA) is 76.1 Å². The van der Waals surface area contributed by atoms with Gasteiger partial charge in [-0.15, -0.1) is 5.10 Å². The van der Waals surface area contributed by atoms with E-state index in [0.717, 1.165) is 11.1 Å². The quantitative estimate of drug-likeness (QED) is 0.644. The average Bonchev–Trinajstić information content (AvgIpc) is 2.67. The second-order valence-electron chi connectivity index (χ2n) is 7.00. The molecule has 29 heavy (non-hydrogen) atoms. The lowest BCUT2D eigenvalue weighted by atomic mass is 10.1. The fourth-order valence-corrected chi connectivity index (χ4v) is 3.44. The van der Waals surface area contributed by atoms with Crippen molar-refractivity contribution in [2.24, 2.45) is 0 Å². The lowest BCUT2D eigenvalue weighted by Crippen LogP contribution is -2.46. The highest BCUT2D eigenvalue weighted by molar-refractivity contribution is 6.30. The molecular weight excluding hydrogens is 395 g/mol. The molecule has 1 aliphatic heterocycles. The number of aromatic nitrogens is 4. The maximum absolute atomic E-state index is 14.2. The molecule has 0 bridgehead atoms. The summed E-state index contributed by atoms with van der Waals surface area (Å²) >= 11 is 5.95. The van der Waals surface area contributed by atoms with Gasteiger partial charge in [-0.05, 0) is 37.6 Å². The number of rotatable bonds is 4. The Bertz CT molecular complexity index is 993. The lowest BCUT2D eigenvalue weighted by Gasteiger charge is -2.35. The van der Waals surface area contributed by atoms with Crippen LogP contribution in [-0.2, 0) is 4.74 Å². The van der Waals surface area contributed by atoms with Crippen LogP contribution in [0.4, 0.5) is 22.0 Å². The molecule has 0 amide bonds. The van der Waals surface area contributed by atoms with Crippen molar-refractivity contribution in [2.45, 2.75) is 26.1 Å². The smallest absolute Gasteiger partial charge is 0.230 e. The predicted molar refractivity (Wildman–Crippen MR) is 110 cm³/mol. The minimum Gasteiger partial charge on any atom is -0.372 e. The van der Waals surface area contributed by atoms with Crippen LogP contribution < -0.4 is 10.2 Å². The molecule has 3 heterocycles. The molecule has 1 fully saturated rings. The highest BCUT2D eigenvalue weighted by Crippen LogP contribution is 2.24. The van der Waals surface area contributed by atoms with Gasteiger partial charge < -0.3 is 15.0 Å². The molecule has 0 radical (unpaired) electrons. The molecule has 1 saturated heterocycles. The van der Waals surface area contributed by atoms with E-state index in [2.05, 4.69) is 25.5 Å². The third-order valence-electron chi connectivity index (χ3n) is 4.47. The molecule has 150 valence electrons. The fraction of sp³-hybridized carbons (Fsp3) is 0.300.